The smallest absolute Gasteiger partial charge is 0.269 e. The van der Waals surface area contributed by atoms with Crippen molar-refractivity contribution in [2.75, 3.05) is 13.2 Å². The first-order valence-electron chi connectivity index (χ1n) is 9.34. The van der Waals surface area contributed by atoms with Crippen LogP contribution in [0.2, 0.25) is 0 Å². The highest BCUT2D eigenvalue weighted by Gasteiger charge is 2.50. The lowest BCUT2D eigenvalue weighted by Gasteiger charge is -2.56. The van der Waals surface area contributed by atoms with E-state index in [0.717, 1.165) is 30.0 Å². The van der Waals surface area contributed by atoms with Gasteiger partial charge in [-0.1, -0.05) is 13.8 Å². The van der Waals surface area contributed by atoms with E-state index in [-0.39, 0.29) is 12.5 Å². The maximum absolute atomic E-state index is 12.5. The molecule has 1 aromatic heterocycles. The normalized spacial score (nSPS) is 34.5. The van der Waals surface area contributed by atoms with Crippen LogP contribution >= 0.6 is 0 Å². The van der Waals surface area contributed by atoms with Crippen molar-refractivity contribution in [3.8, 4) is 0 Å². The number of hydrogen-bond donors (Lipinski definition) is 3. The molecule has 1 aromatic rings. The third-order valence-electron chi connectivity index (χ3n) is 6.70. The third-order valence-corrected chi connectivity index (χ3v) is 6.70. The zero-order valence-corrected chi connectivity index (χ0v) is 14.8. The van der Waals surface area contributed by atoms with Crippen LogP contribution in [0, 0.1) is 23.2 Å². The second-order valence-electron chi connectivity index (χ2n) is 9.31. The second kappa shape index (κ2) is 5.58. The Labute approximate surface area is 143 Å². The first-order chi connectivity index (χ1) is 11.4. The van der Waals surface area contributed by atoms with E-state index < -0.39 is 5.41 Å². The number of carbonyl (C=O) groups is 1. The number of amides is 1. The van der Waals surface area contributed by atoms with Gasteiger partial charge in [0.1, 0.15) is 5.69 Å². The minimum Gasteiger partial charge on any atom is -0.395 e. The van der Waals surface area contributed by atoms with Crippen LogP contribution in [0.5, 0.6) is 0 Å². The molecule has 0 saturated heterocycles. The Morgan fingerprint density at radius 3 is 2.42 bits per heavy atom. The topological polar surface area (TPSA) is 78.0 Å². The summed E-state index contributed by atoms with van der Waals surface area (Å²) in [5.41, 5.74) is 1.13. The molecular weight excluding hydrogens is 302 g/mol. The van der Waals surface area contributed by atoms with Crippen LogP contribution in [0.4, 0.5) is 0 Å². The molecule has 0 unspecified atom stereocenters. The summed E-state index contributed by atoms with van der Waals surface area (Å²) in [7, 11) is 0. The zero-order valence-electron chi connectivity index (χ0n) is 14.8. The van der Waals surface area contributed by atoms with Crippen molar-refractivity contribution in [1.29, 1.82) is 0 Å². The molecule has 0 aliphatic heterocycles. The lowest BCUT2D eigenvalue weighted by atomic mass is 9.49. The van der Waals surface area contributed by atoms with Gasteiger partial charge in [-0.2, -0.15) is 5.10 Å². The number of H-pyrrole nitrogens is 1. The van der Waals surface area contributed by atoms with Gasteiger partial charge in [0.25, 0.3) is 5.91 Å². The third kappa shape index (κ3) is 2.77. The molecule has 4 aliphatic rings. The number of hydrogen-bond acceptors (Lipinski definition) is 3. The molecular formula is C19H29N3O2. The van der Waals surface area contributed by atoms with E-state index in [0.29, 0.717) is 11.1 Å². The number of rotatable bonds is 5. The fourth-order valence-corrected chi connectivity index (χ4v) is 5.74. The van der Waals surface area contributed by atoms with E-state index >= 15 is 0 Å². The summed E-state index contributed by atoms with van der Waals surface area (Å²) in [6.07, 6.45) is 8.16. The molecule has 4 bridgehead atoms. The lowest BCUT2D eigenvalue weighted by molar-refractivity contribution is -0.0503. The Morgan fingerprint density at radius 2 is 1.88 bits per heavy atom. The van der Waals surface area contributed by atoms with Gasteiger partial charge >= 0.3 is 0 Å². The van der Waals surface area contributed by atoms with E-state index in [1.807, 2.05) is 13.8 Å². The zero-order chi connectivity index (χ0) is 16.9. The second-order valence-corrected chi connectivity index (χ2v) is 9.31. The van der Waals surface area contributed by atoms with Crippen molar-refractivity contribution in [2.45, 2.75) is 57.8 Å². The SMILES string of the molecule is CC(C)(CO)c1cc(C(=O)NCC23CC4CC(CC(C4)C2)C3)[nH]n1. The van der Waals surface area contributed by atoms with E-state index in [1.54, 1.807) is 6.07 Å². The Bertz CT molecular complexity index is 599. The maximum Gasteiger partial charge on any atom is 0.269 e. The summed E-state index contributed by atoms with van der Waals surface area (Å²) in [5, 5.41) is 19.6. The quantitative estimate of drug-likeness (QED) is 0.776. The molecule has 4 aliphatic carbocycles. The Kier molecular flexibility index (Phi) is 3.75. The fraction of sp³-hybridized carbons (Fsp3) is 0.789. The minimum absolute atomic E-state index is 0.00614. The van der Waals surface area contributed by atoms with Crippen LogP contribution in [-0.4, -0.2) is 34.4 Å². The van der Waals surface area contributed by atoms with Crippen LogP contribution < -0.4 is 5.32 Å². The summed E-state index contributed by atoms with van der Waals surface area (Å²) in [6.45, 7) is 4.64. The van der Waals surface area contributed by atoms with Gasteiger partial charge in [0.15, 0.2) is 0 Å². The minimum atomic E-state index is -0.436. The standard InChI is InChI=1S/C19H29N3O2/c1-18(2,11-23)16-6-15(21-22-16)17(24)20-10-19-7-12-3-13(8-19)5-14(4-12)9-19/h6,12-14,23H,3-5,7-11H2,1-2H3,(H,20,24)(H,21,22). The molecule has 4 saturated carbocycles. The van der Waals surface area contributed by atoms with Gasteiger partial charge < -0.3 is 10.4 Å². The molecule has 24 heavy (non-hydrogen) atoms. The highest BCUT2D eigenvalue weighted by molar-refractivity contribution is 5.92. The van der Waals surface area contributed by atoms with Gasteiger partial charge in [0, 0.05) is 12.0 Å². The fourth-order valence-electron chi connectivity index (χ4n) is 5.74. The van der Waals surface area contributed by atoms with Crippen LogP contribution in [0.15, 0.2) is 6.07 Å². The van der Waals surface area contributed by atoms with Crippen LogP contribution in [0.1, 0.15) is 68.6 Å². The predicted octanol–water partition coefficient (Wildman–Crippen LogP) is 2.63. The molecule has 5 heteroatoms. The summed E-state index contributed by atoms with van der Waals surface area (Å²) in [4.78, 5) is 12.5. The molecule has 0 radical (unpaired) electrons. The first-order valence-corrected chi connectivity index (χ1v) is 9.34. The monoisotopic (exact) mass is 331 g/mol. The van der Waals surface area contributed by atoms with Crippen molar-refractivity contribution in [3.05, 3.63) is 17.5 Å². The summed E-state index contributed by atoms with van der Waals surface area (Å²) >= 11 is 0. The maximum atomic E-state index is 12.5. The van der Waals surface area contributed by atoms with Crippen LogP contribution in [0.3, 0.4) is 0 Å². The van der Waals surface area contributed by atoms with Gasteiger partial charge in [0.05, 0.1) is 12.3 Å². The number of aromatic nitrogens is 2. The predicted molar refractivity (Wildman–Crippen MR) is 91.6 cm³/mol. The molecule has 0 aromatic carbocycles. The van der Waals surface area contributed by atoms with Crippen molar-refractivity contribution >= 4 is 5.91 Å². The lowest BCUT2D eigenvalue weighted by Crippen LogP contribution is -2.51. The van der Waals surface area contributed by atoms with E-state index in [1.165, 1.54) is 38.5 Å². The van der Waals surface area contributed by atoms with Crippen molar-refractivity contribution < 1.29 is 9.90 Å². The van der Waals surface area contributed by atoms with E-state index in [4.69, 9.17) is 0 Å². The van der Waals surface area contributed by atoms with Gasteiger partial charge in [-0.25, -0.2) is 0 Å². The van der Waals surface area contributed by atoms with Crippen molar-refractivity contribution in [1.82, 2.24) is 15.5 Å². The van der Waals surface area contributed by atoms with Gasteiger partial charge in [-0.3, -0.25) is 9.89 Å². The average Bonchev–Trinajstić information content (AvgIpc) is 3.02. The van der Waals surface area contributed by atoms with Crippen LogP contribution in [0.25, 0.3) is 0 Å². The molecule has 5 nitrogen and oxygen atoms in total. The molecule has 4 fully saturated rings. The molecule has 5 rings (SSSR count). The van der Waals surface area contributed by atoms with Gasteiger partial charge in [0.2, 0.25) is 0 Å². The molecule has 0 atom stereocenters. The molecule has 3 N–H and O–H groups in total. The van der Waals surface area contributed by atoms with Crippen molar-refractivity contribution in [2.24, 2.45) is 23.2 Å². The number of aliphatic hydroxyl groups is 1. The Hall–Kier alpha value is -1.36. The largest absolute Gasteiger partial charge is 0.395 e. The number of nitrogens with one attached hydrogen (secondary N) is 2. The van der Waals surface area contributed by atoms with Gasteiger partial charge in [-0.15, -0.1) is 0 Å². The number of aromatic amines is 1. The van der Waals surface area contributed by atoms with Crippen molar-refractivity contribution in [3.63, 3.8) is 0 Å². The molecule has 0 spiro atoms. The highest BCUT2D eigenvalue weighted by Crippen LogP contribution is 2.59. The Balaban J connectivity index is 1.40. The molecule has 1 amide bonds. The molecule has 1 heterocycles. The van der Waals surface area contributed by atoms with Gasteiger partial charge in [-0.05, 0) is 67.8 Å². The molecule has 132 valence electrons. The first kappa shape index (κ1) is 16.1. The average molecular weight is 331 g/mol. The summed E-state index contributed by atoms with van der Waals surface area (Å²) < 4.78 is 0. The van der Waals surface area contributed by atoms with E-state index in [9.17, 15) is 9.90 Å². The van der Waals surface area contributed by atoms with E-state index in [2.05, 4.69) is 15.5 Å². The number of carbonyl (C=O) groups excluding carboxylic acids is 1. The van der Waals surface area contributed by atoms with Crippen LogP contribution in [-0.2, 0) is 5.41 Å². The highest BCUT2D eigenvalue weighted by atomic mass is 16.3. The summed E-state index contributed by atoms with van der Waals surface area (Å²) in [5.74, 6) is 2.63. The summed E-state index contributed by atoms with van der Waals surface area (Å²) in [6, 6.07) is 1.77. The Morgan fingerprint density at radius 1 is 1.29 bits per heavy atom. The number of nitrogens with zero attached hydrogens (tertiary/aromatic N) is 1. The number of aliphatic hydroxyl groups excluding tert-OH is 1.